The number of hydrogen-bond acceptors (Lipinski definition) is 5. The molecular weight excluding hydrogens is 438 g/mol. The van der Waals surface area contributed by atoms with Crippen LogP contribution in [-0.2, 0) is 11.4 Å². The van der Waals surface area contributed by atoms with Crippen molar-refractivity contribution < 1.29 is 9.53 Å². The maximum absolute atomic E-state index is 13.3. The Morgan fingerprint density at radius 3 is 2.52 bits per heavy atom. The van der Waals surface area contributed by atoms with Gasteiger partial charge in [0.15, 0.2) is 0 Å². The van der Waals surface area contributed by atoms with Crippen LogP contribution in [0.15, 0.2) is 66.1 Å². The average Bonchev–Trinajstić information content (AvgIpc) is 3.29. The summed E-state index contributed by atoms with van der Waals surface area (Å²) in [5.41, 5.74) is 3.37. The molecule has 0 aliphatic carbocycles. The normalized spacial score (nSPS) is 15.2. The van der Waals surface area contributed by atoms with Crippen molar-refractivity contribution in [3.8, 4) is 5.75 Å². The van der Waals surface area contributed by atoms with E-state index in [-0.39, 0.29) is 18.0 Å². The number of benzene rings is 2. The molecule has 33 heavy (non-hydrogen) atoms. The lowest BCUT2D eigenvalue weighted by Gasteiger charge is -2.29. The van der Waals surface area contributed by atoms with Gasteiger partial charge in [-0.25, -0.2) is 4.68 Å². The van der Waals surface area contributed by atoms with Crippen LogP contribution in [0, 0.1) is 0 Å². The molecule has 1 aliphatic rings. The van der Waals surface area contributed by atoms with E-state index in [9.17, 15) is 4.79 Å². The van der Waals surface area contributed by atoms with Crippen LogP contribution in [0.4, 0.5) is 5.95 Å². The third-order valence-electron chi connectivity index (χ3n) is 5.87. The lowest BCUT2D eigenvalue weighted by Crippen LogP contribution is -2.39. The molecule has 172 valence electrons. The van der Waals surface area contributed by atoms with E-state index in [4.69, 9.17) is 16.3 Å². The lowest BCUT2D eigenvalue weighted by molar-refractivity contribution is -0.118. The molecule has 2 heterocycles. The molecule has 4 rings (SSSR count). The lowest BCUT2D eigenvalue weighted by atomic mass is 9.94. The fraction of sp³-hybridized carbons (Fsp3) is 0.320. The van der Waals surface area contributed by atoms with Crippen LogP contribution in [-0.4, -0.2) is 26.7 Å². The molecule has 1 amide bonds. The van der Waals surface area contributed by atoms with Gasteiger partial charge in [-0.05, 0) is 55.2 Å². The van der Waals surface area contributed by atoms with Crippen molar-refractivity contribution in [2.24, 2.45) is 0 Å². The van der Waals surface area contributed by atoms with Crippen molar-refractivity contribution in [2.45, 2.75) is 52.3 Å². The van der Waals surface area contributed by atoms with Gasteiger partial charge in [0.2, 0.25) is 5.95 Å². The molecule has 1 atom stereocenters. The predicted octanol–water partition coefficient (Wildman–Crippen LogP) is 5.10. The minimum Gasteiger partial charge on any atom is -0.489 e. The van der Waals surface area contributed by atoms with Crippen LogP contribution in [0.1, 0.15) is 50.8 Å². The Morgan fingerprint density at radius 1 is 1.15 bits per heavy atom. The van der Waals surface area contributed by atoms with Crippen LogP contribution in [0.25, 0.3) is 0 Å². The second-order valence-corrected chi connectivity index (χ2v) is 8.50. The number of allylic oxidation sites excluding steroid dienone is 1. The first-order valence-corrected chi connectivity index (χ1v) is 11.5. The van der Waals surface area contributed by atoms with Crippen molar-refractivity contribution in [2.75, 3.05) is 5.32 Å². The van der Waals surface area contributed by atoms with Crippen LogP contribution in [0.2, 0.25) is 5.02 Å². The first-order chi connectivity index (χ1) is 16.0. The second-order valence-electron chi connectivity index (χ2n) is 8.07. The summed E-state index contributed by atoms with van der Waals surface area (Å²) in [5.74, 6) is 1.26. The first-order valence-electron chi connectivity index (χ1n) is 11.2. The van der Waals surface area contributed by atoms with Crippen molar-refractivity contribution in [1.29, 1.82) is 0 Å². The predicted molar refractivity (Wildman–Crippen MR) is 129 cm³/mol. The SMILES string of the molecule is CCC(CC)NC(=O)C1=C(C)Nc2ncnn2[C@@H]1c1ccc(OCc2ccc(Cl)cc2)cc1. The Balaban J connectivity index is 1.58. The molecule has 0 fully saturated rings. The largest absolute Gasteiger partial charge is 0.489 e. The van der Waals surface area contributed by atoms with Gasteiger partial charge < -0.3 is 15.4 Å². The zero-order valence-corrected chi connectivity index (χ0v) is 19.8. The highest BCUT2D eigenvalue weighted by Crippen LogP contribution is 2.35. The van der Waals surface area contributed by atoms with Gasteiger partial charge in [-0.1, -0.05) is 49.7 Å². The van der Waals surface area contributed by atoms with Crippen molar-refractivity contribution in [3.63, 3.8) is 0 Å². The van der Waals surface area contributed by atoms with Crippen LogP contribution >= 0.6 is 11.6 Å². The summed E-state index contributed by atoms with van der Waals surface area (Å²) in [7, 11) is 0. The quantitative estimate of drug-likeness (QED) is 0.483. The van der Waals surface area contributed by atoms with E-state index < -0.39 is 0 Å². The Hall–Kier alpha value is -3.32. The molecule has 2 aromatic carbocycles. The first kappa shape index (κ1) is 22.9. The monoisotopic (exact) mass is 465 g/mol. The number of ether oxygens (including phenoxy) is 1. The van der Waals surface area contributed by atoms with Crippen LogP contribution in [0.3, 0.4) is 0 Å². The Bertz CT molecular complexity index is 1130. The maximum atomic E-state index is 13.3. The third kappa shape index (κ3) is 5.03. The minimum atomic E-state index is -0.386. The molecule has 8 heteroatoms. The summed E-state index contributed by atoms with van der Waals surface area (Å²) < 4.78 is 7.67. The van der Waals surface area contributed by atoms with E-state index in [1.54, 1.807) is 4.68 Å². The number of anilines is 1. The van der Waals surface area contributed by atoms with Crippen LogP contribution < -0.4 is 15.4 Å². The maximum Gasteiger partial charge on any atom is 0.251 e. The van der Waals surface area contributed by atoms with Crippen molar-refractivity contribution in [3.05, 3.63) is 82.3 Å². The van der Waals surface area contributed by atoms with Gasteiger partial charge in [-0.2, -0.15) is 10.1 Å². The summed E-state index contributed by atoms with van der Waals surface area (Å²) in [5, 5.41) is 11.5. The molecule has 0 saturated heterocycles. The zero-order valence-electron chi connectivity index (χ0n) is 19.0. The van der Waals surface area contributed by atoms with E-state index in [2.05, 4.69) is 34.6 Å². The molecule has 2 N–H and O–H groups in total. The van der Waals surface area contributed by atoms with Crippen molar-refractivity contribution in [1.82, 2.24) is 20.1 Å². The van der Waals surface area contributed by atoms with E-state index in [0.717, 1.165) is 35.4 Å². The summed E-state index contributed by atoms with van der Waals surface area (Å²) in [6, 6.07) is 15.1. The van der Waals surface area contributed by atoms with Gasteiger partial charge in [-0.15, -0.1) is 0 Å². The number of aromatic nitrogens is 3. The Morgan fingerprint density at radius 2 is 1.85 bits per heavy atom. The molecule has 3 aromatic rings. The molecular formula is C25H28ClN5O2. The molecule has 7 nitrogen and oxygen atoms in total. The highest BCUT2D eigenvalue weighted by atomic mass is 35.5. The smallest absolute Gasteiger partial charge is 0.251 e. The number of fused-ring (bicyclic) bond motifs is 1. The highest BCUT2D eigenvalue weighted by molar-refractivity contribution is 6.30. The van der Waals surface area contributed by atoms with Gasteiger partial charge in [-0.3, -0.25) is 4.79 Å². The number of nitrogens with zero attached hydrogens (tertiary/aromatic N) is 3. The second kappa shape index (κ2) is 10.1. The minimum absolute atomic E-state index is 0.0945. The number of nitrogens with one attached hydrogen (secondary N) is 2. The highest BCUT2D eigenvalue weighted by Gasteiger charge is 2.33. The van der Waals surface area contributed by atoms with Gasteiger partial charge in [0.25, 0.3) is 5.91 Å². The molecule has 1 aliphatic heterocycles. The number of rotatable bonds is 8. The average molecular weight is 466 g/mol. The van der Waals surface area contributed by atoms with Crippen LogP contribution in [0.5, 0.6) is 5.75 Å². The number of halogens is 1. The fourth-order valence-corrected chi connectivity index (χ4v) is 4.07. The molecule has 1 aromatic heterocycles. The summed E-state index contributed by atoms with van der Waals surface area (Å²) in [4.78, 5) is 17.6. The zero-order chi connectivity index (χ0) is 23.4. The molecule has 0 spiro atoms. The standard InChI is InChI=1S/C25H28ClN5O2/c1-4-20(5-2)30-24(32)22-16(3)29-25-27-15-28-31(25)23(22)18-8-12-21(13-9-18)33-14-17-6-10-19(26)11-7-17/h6-13,15,20,23H,4-5,14H2,1-3H3,(H,30,32)(H,27,28,29)/t23-/m1/s1. The number of hydrogen-bond donors (Lipinski definition) is 2. The van der Waals surface area contributed by atoms with E-state index in [1.807, 2.05) is 55.5 Å². The van der Waals surface area contributed by atoms with Gasteiger partial charge in [0.1, 0.15) is 24.7 Å². The van der Waals surface area contributed by atoms with Gasteiger partial charge in [0, 0.05) is 16.8 Å². The third-order valence-corrected chi connectivity index (χ3v) is 6.13. The Labute approximate surface area is 198 Å². The Kier molecular flexibility index (Phi) is 6.99. The number of carbonyl (C=O) groups excluding carboxylic acids is 1. The topological polar surface area (TPSA) is 81.1 Å². The van der Waals surface area contributed by atoms with Crippen molar-refractivity contribution >= 4 is 23.5 Å². The fourth-order valence-electron chi connectivity index (χ4n) is 3.94. The summed E-state index contributed by atoms with van der Waals surface area (Å²) >= 11 is 5.95. The molecule has 0 radical (unpaired) electrons. The molecule has 0 bridgehead atoms. The summed E-state index contributed by atoms with van der Waals surface area (Å²) in [6.07, 6.45) is 3.25. The number of carbonyl (C=O) groups is 1. The van der Waals surface area contributed by atoms with E-state index in [1.165, 1.54) is 6.33 Å². The summed E-state index contributed by atoms with van der Waals surface area (Å²) in [6.45, 7) is 6.49. The van der Waals surface area contributed by atoms with E-state index in [0.29, 0.717) is 23.2 Å². The van der Waals surface area contributed by atoms with Gasteiger partial charge in [0.05, 0.1) is 5.57 Å². The van der Waals surface area contributed by atoms with E-state index >= 15 is 0 Å². The molecule has 0 unspecified atom stereocenters. The molecule has 0 saturated carbocycles. The number of amides is 1. The van der Waals surface area contributed by atoms with Gasteiger partial charge >= 0.3 is 0 Å².